The van der Waals surface area contributed by atoms with Crippen molar-refractivity contribution in [3.05, 3.63) is 23.8 Å². The minimum Gasteiger partial charge on any atom is -0.462 e. The number of benzene rings is 1. The van der Waals surface area contributed by atoms with Crippen molar-refractivity contribution in [2.45, 2.75) is 33.0 Å². The molecule has 0 saturated carbocycles. The van der Waals surface area contributed by atoms with Crippen LogP contribution in [0.2, 0.25) is 0 Å². The summed E-state index contributed by atoms with van der Waals surface area (Å²) >= 11 is 0. The SMILES string of the molecule is CCOC(=O)c1cc(N)ccc1N1C[C@@H](C)O[C@H](C)C1. The second-order valence-electron chi connectivity index (χ2n) is 5.16. The number of carbonyl (C=O) groups excluding carboxylic acids is 1. The highest BCUT2D eigenvalue weighted by Gasteiger charge is 2.26. The Bertz CT molecular complexity index is 480. The van der Waals surface area contributed by atoms with Crippen LogP contribution in [0.15, 0.2) is 18.2 Å². The number of carbonyl (C=O) groups is 1. The summed E-state index contributed by atoms with van der Waals surface area (Å²) in [6, 6.07) is 5.37. The lowest BCUT2D eigenvalue weighted by molar-refractivity contribution is -0.00535. The molecule has 0 unspecified atom stereocenters. The lowest BCUT2D eigenvalue weighted by atomic mass is 10.1. The van der Waals surface area contributed by atoms with Gasteiger partial charge in [-0.15, -0.1) is 0 Å². The average Bonchev–Trinajstić information content (AvgIpc) is 2.37. The van der Waals surface area contributed by atoms with Gasteiger partial charge in [0.25, 0.3) is 0 Å². The minimum atomic E-state index is -0.332. The van der Waals surface area contributed by atoms with Crippen molar-refractivity contribution in [2.24, 2.45) is 0 Å². The van der Waals surface area contributed by atoms with E-state index in [2.05, 4.69) is 4.90 Å². The van der Waals surface area contributed by atoms with Crippen LogP contribution in [0, 0.1) is 0 Å². The summed E-state index contributed by atoms with van der Waals surface area (Å²) in [5.74, 6) is -0.332. The number of morpholine rings is 1. The van der Waals surface area contributed by atoms with Crippen molar-refractivity contribution in [3.8, 4) is 0 Å². The maximum Gasteiger partial charge on any atom is 0.340 e. The molecule has 0 aromatic heterocycles. The largest absolute Gasteiger partial charge is 0.462 e. The van der Waals surface area contributed by atoms with E-state index in [9.17, 15) is 4.79 Å². The fraction of sp³-hybridized carbons (Fsp3) is 0.533. The highest BCUT2D eigenvalue weighted by atomic mass is 16.5. The molecule has 5 nitrogen and oxygen atoms in total. The van der Waals surface area contributed by atoms with E-state index in [-0.39, 0.29) is 18.2 Å². The number of rotatable bonds is 3. The first kappa shape index (κ1) is 14.7. The number of nitrogens with zero attached hydrogens (tertiary/aromatic N) is 1. The zero-order valence-corrected chi connectivity index (χ0v) is 12.3. The molecule has 1 aliphatic heterocycles. The van der Waals surface area contributed by atoms with Crippen molar-refractivity contribution in [1.82, 2.24) is 0 Å². The molecule has 2 atom stereocenters. The summed E-state index contributed by atoms with van der Waals surface area (Å²) in [6.45, 7) is 7.71. The Kier molecular flexibility index (Phi) is 4.49. The lowest BCUT2D eigenvalue weighted by Crippen LogP contribution is -2.46. The Balaban J connectivity index is 2.32. The normalized spacial score (nSPS) is 22.6. The highest BCUT2D eigenvalue weighted by Crippen LogP contribution is 2.27. The maximum atomic E-state index is 12.1. The van der Waals surface area contributed by atoms with E-state index in [0.29, 0.717) is 17.9 Å². The van der Waals surface area contributed by atoms with E-state index in [0.717, 1.165) is 18.8 Å². The Morgan fingerprint density at radius 1 is 1.40 bits per heavy atom. The molecule has 1 heterocycles. The number of ether oxygens (including phenoxy) is 2. The minimum absolute atomic E-state index is 0.131. The fourth-order valence-corrected chi connectivity index (χ4v) is 2.58. The second kappa shape index (κ2) is 6.13. The molecule has 0 spiro atoms. The zero-order chi connectivity index (χ0) is 14.7. The topological polar surface area (TPSA) is 64.8 Å². The standard InChI is InChI=1S/C15H22N2O3/c1-4-19-15(18)13-7-12(16)5-6-14(13)17-8-10(2)20-11(3)9-17/h5-7,10-11H,4,8-9,16H2,1-3H3/t10-,11-/m1/s1. The second-order valence-corrected chi connectivity index (χ2v) is 5.16. The van der Waals surface area contributed by atoms with E-state index >= 15 is 0 Å². The monoisotopic (exact) mass is 278 g/mol. The molecule has 1 aromatic carbocycles. The molecule has 0 amide bonds. The van der Waals surface area contributed by atoms with Gasteiger partial charge >= 0.3 is 5.97 Å². The summed E-state index contributed by atoms with van der Waals surface area (Å²) in [6.07, 6.45) is 0.262. The molecule has 0 radical (unpaired) electrons. The third-order valence-electron chi connectivity index (χ3n) is 3.28. The van der Waals surface area contributed by atoms with Gasteiger partial charge in [0.2, 0.25) is 0 Å². The van der Waals surface area contributed by atoms with Crippen molar-refractivity contribution >= 4 is 17.3 Å². The van der Waals surface area contributed by atoms with E-state index in [4.69, 9.17) is 15.2 Å². The van der Waals surface area contributed by atoms with Crippen LogP contribution in [0.1, 0.15) is 31.1 Å². The number of nitrogen functional groups attached to an aromatic ring is 1. The molecule has 1 fully saturated rings. The Hall–Kier alpha value is -1.75. The number of hydrogen-bond acceptors (Lipinski definition) is 5. The van der Waals surface area contributed by atoms with Crippen LogP contribution < -0.4 is 10.6 Å². The number of anilines is 2. The molecule has 0 bridgehead atoms. The smallest absolute Gasteiger partial charge is 0.340 e. The number of esters is 1. The summed E-state index contributed by atoms with van der Waals surface area (Å²) in [4.78, 5) is 14.2. The molecule has 0 aliphatic carbocycles. The van der Waals surface area contributed by atoms with Crippen LogP contribution in [0.3, 0.4) is 0 Å². The average molecular weight is 278 g/mol. The predicted molar refractivity (Wildman–Crippen MR) is 79.0 cm³/mol. The molecule has 2 rings (SSSR count). The van der Waals surface area contributed by atoms with Crippen LogP contribution in [0.25, 0.3) is 0 Å². The molecule has 5 heteroatoms. The third kappa shape index (κ3) is 3.22. The number of hydrogen-bond donors (Lipinski definition) is 1. The Morgan fingerprint density at radius 3 is 2.65 bits per heavy atom. The van der Waals surface area contributed by atoms with Crippen molar-refractivity contribution in [2.75, 3.05) is 30.3 Å². The molecular weight excluding hydrogens is 256 g/mol. The van der Waals surface area contributed by atoms with Crippen LogP contribution >= 0.6 is 0 Å². The lowest BCUT2D eigenvalue weighted by Gasteiger charge is -2.37. The third-order valence-corrected chi connectivity index (χ3v) is 3.28. The summed E-state index contributed by atoms with van der Waals surface area (Å²) in [5, 5.41) is 0. The van der Waals surface area contributed by atoms with Crippen LogP contribution in [-0.2, 0) is 9.47 Å². The van der Waals surface area contributed by atoms with Crippen molar-refractivity contribution < 1.29 is 14.3 Å². The van der Waals surface area contributed by atoms with Crippen LogP contribution in [0.4, 0.5) is 11.4 Å². The first-order valence-corrected chi connectivity index (χ1v) is 6.98. The molecule has 110 valence electrons. The van der Waals surface area contributed by atoms with Crippen molar-refractivity contribution in [3.63, 3.8) is 0 Å². The van der Waals surface area contributed by atoms with Crippen LogP contribution in [0.5, 0.6) is 0 Å². The quantitative estimate of drug-likeness (QED) is 0.677. The maximum absolute atomic E-state index is 12.1. The van der Waals surface area contributed by atoms with E-state index < -0.39 is 0 Å². The van der Waals surface area contributed by atoms with Gasteiger partial charge in [-0.05, 0) is 39.0 Å². The van der Waals surface area contributed by atoms with Crippen molar-refractivity contribution in [1.29, 1.82) is 0 Å². The Morgan fingerprint density at radius 2 is 2.05 bits per heavy atom. The molecule has 1 aromatic rings. The van der Waals surface area contributed by atoms with Gasteiger partial charge in [0.1, 0.15) is 0 Å². The number of nitrogens with two attached hydrogens (primary N) is 1. The predicted octanol–water partition coefficient (Wildman–Crippen LogP) is 2.06. The molecule has 2 N–H and O–H groups in total. The highest BCUT2D eigenvalue weighted by molar-refractivity contribution is 5.97. The van der Waals surface area contributed by atoms with Crippen LogP contribution in [-0.4, -0.2) is 37.9 Å². The van der Waals surface area contributed by atoms with Gasteiger partial charge < -0.3 is 20.1 Å². The van der Waals surface area contributed by atoms with Gasteiger partial charge in [0, 0.05) is 18.8 Å². The summed E-state index contributed by atoms with van der Waals surface area (Å²) in [5.41, 5.74) is 7.74. The molecule has 20 heavy (non-hydrogen) atoms. The van der Waals surface area contributed by atoms with Gasteiger partial charge in [0.15, 0.2) is 0 Å². The van der Waals surface area contributed by atoms with E-state index in [1.165, 1.54) is 0 Å². The molecule has 1 aliphatic rings. The van der Waals surface area contributed by atoms with Gasteiger partial charge in [-0.1, -0.05) is 0 Å². The van der Waals surface area contributed by atoms with Gasteiger partial charge in [-0.3, -0.25) is 0 Å². The Labute approximate surface area is 119 Å². The summed E-state index contributed by atoms with van der Waals surface area (Å²) in [7, 11) is 0. The molecular formula is C15H22N2O3. The van der Waals surface area contributed by atoms with Gasteiger partial charge in [0.05, 0.1) is 30.1 Å². The first-order chi connectivity index (χ1) is 9.51. The van der Waals surface area contributed by atoms with E-state index in [1.54, 1.807) is 13.0 Å². The first-order valence-electron chi connectivity index (χ1n) is 6.98. The fourth-order valence-electron chi connectivity index (χ4n) is 2.58. The van der Waals surface area contributed by atoms with E-state index in [1.807, 2.05) is 26.0 Å². The summed E-state index contributed by atoms with van der Waals surface area (Å²) < 4.78 is 10.8. The van der Waals surface area contributed by atoms with Gasteiger partial charge in [-0.25, -0.2) is 4.79 Å². The zero-order valence-electron chi connectivity index (χ0n) is 12.3. The molecule has 1 saturated heterocycles. The van der Waals surface area contributed by atoms with Gasteiger partial charge in [-0.2, -0.15) is 0 Å².